The van der Waals surface area contributed by atoms with Crippen LogP contribution >= 0.6 is 0 Å². The molecule has 2 aromatic carbocycles. The maximum absolute atomic E-state index is 12.2. The van der Waals surface area contributed by atoms with Crippen LogP contribution in [-0.4, -0.2) is 54.3 Å². The number of nitrogen functional groups attached to an aromatic ring is 1. The molecule has 0 spiro atoms. The fourth-order valence-electron chi connectivity index (χ4n) is 3.34. The molecule has 2 aromatic rings. The van der Waals surface area contributed by atoms with Gasteiger partial charge in [0.1, 0.15) is 11.4 Å². The molecule has 1 saturated heterocycles. The Kier molecular flexibility index (Phi) is 7.21. The minimum absolute atomic E-state index is 0.215. The molecule has 6 heteroatoms. The maximum atomic E-state index is 12.2. The van der Waals surface area contributed by atoms with Gasteiger partial charge in [-0.15, -0.1) is 0 Å². The Morgan fingerprint density at radius 1 is 0.933 bits per heavy atom. The first kappa shape index (κ1) is 22.0. The van der Waals surface area contributed by atoms with Gasteiger partial charge in [-0.25, -0.2) is 4.79 Å². The van der Waals surface area contributed by atoms with Crippen molar-refractivity contribution in [3.8, 4) is 5.75 Å². The molecule has 1 aliphatic rings. The summed E-state index contributed by atoms with van der Waals surface area (Å²) in [6.07, 6.45) is 0.645. The zero-order valence-corrected chi connectivity index (χ0v) is 18.3. The molecule has 162 valence electrons. The number of anilines is 1. The lowest BCUT2D eigenvalue weighted by Gasteiger charge is -2.35. The lowest BCUT2D eigenvalue weighted by atomic mass is 10.1. The van der Waals surface area contributed by atoms with Crippen molar-refractivity contribution in [1.82, 2.24) is 9.80 Å². The Morgan fingerprint density at radius 3 is 2.13 bits per heavy atom. The summed E-state index contributed by atoms with van der Waals surface area (Å²) in [5.74, 6) is 0.839. The first-order valence-corrected chi connectivity index (χ1v) is 10.5. The highest BCUT2D eigenvalue weighted by Gasteiger charge is 2.25. The van der Waals surface area contributed by atoms with Crippen molar-refractivity contribution in [2.45, 2.75) is 39.3 Å². The molecule has 0 saturated carbocycles. The Hall–Kier alpha value is -2.73. The molecule has 0 atom stereocenters. The number of hydrogen-bond donors (Lipinski definition) is 1. The van der Waals surface area contributed by atoms with E-state index in [1.807, 2.05) is 45.0 Å². The third kappa shape index (κ3) is 6.95. The second-order valence-electron chi connectivity index (χ2n) is 8.73. The minimum Gasteiger partial charge on any atom is -0.493 e. The molecule has 30 heavy (non-hydrogen) atoms. The van der Waals surface area contributed by atoms with E-state index < -0.39 is 5.60 Å². The summed E-state index contributed by atoms with van der Waals surface area (Å²) in [4.78, 5) is 16.4. The molecule has 0 bridgehead atoms. The summed E-state index contributed by atoms with van der Waals surface area (Å²) in [5, 5.41) is 0. The van der Waals surface area contributed by atoms with Crippen LogP contribution in [-0.2, 0) is 17.7 Å². The van der Waals surface area contributed by atoms with Gasteiger partial charge in [0.15, 0.2) is 0 Å². The molecule has 1 aliphatic heterocycles. The van der Waals surface area contributed by atoms with Gasteiger partial charge in [-0.1, -0.05) is 24.3 Å². The summed E-state index contributed by atoms with van der Waals surface area (Å²) in [7, 11) is 0. The van der Waals surface area contributed by atoms with Crippen LogP contribution in [0.1, 0.15) is 31.9 Å². The Labute approximate surface area is 179 Å². The third-order valence-corrected chi connectivity index (χ3v) is 4.99. The summed E-state index contributed by atoms with van der Waals surface area (Å²) in [6.45, 7) is 10.3. The highest BCUT2D eigenvalue weighted by Crippen LogP contribution is 2.16. The second kappa shape index (κ2) is 9.85. The van der Waals surface area contributed by atoms with E-state index in [-0.39, 0.29) is 6.09 Å². The van der Waals surface area contributed by atoms with E-state index in [0.717, 1.165) is 37.5 Å². The quantitative estimate of drug-likeness (QED) is 0.729. The van der Waals surface area contributed by atoms with E-state index in [0.29, 0.717) is 19.7 Å². The normalized spacial score (nSPS) is 15.1. The number of piperazine rings is 1. The van der Waals surface area contributed by atoms with E-state index in [2.05, 4.69) is 29.2 Å². The standard InChI is InChI=1S/C24H33N3O3/c1-24(2,3)30-23(28)27-15-13-26(14-16-27)18-20-6-4-19(5-7-20)12-17-29-22-10-8-21(25)9-11-22/h4-11H,12-18,25H2,1-3H3. The number of rotatable bonds is 6. The van der Waals surface area contributed by atoms with Crippen molar-refractivity contribution in [3.05, 3.63) is 59.7 Å². The van der Waals surface area contributed by atoms with Crippen LogP contribution < -0.4 is 10.5 Å². The van der Waals surface area contributed by atoms with Gasteiger partial charge in [-0.2, -0.15) is 0 Å². The number of hydrogen-bond acceptors (Lipinski definition) is 5. The lowest BCUT2D eigenvalue weighted by Crippen LogP contribution is -2.49. The van der Waals surface area contributed by atoms with Crippen LogP contribution in [0.3, 0.4) is 0 Å². The molecule has 1 heterocycles. The fraction of sp³-hybridized carbons (Fsp3) is 0.458. The molecular weight excluding hydrogens is 378 g/mol. The van der Waals surface area contributed by atoms with Gasteiger partial charge >= 0.3 is 6.09 Å². The van der Waals surface area contributed by atoms with Crippen LogP contribution in [0.15, 0.2) is 48.5 Å². The minimum atomic E-state index is -0.448. The zero-order valence-electron chi connectivity index (χ0n) is 18.3. The molecule has 0 radical (unpaired) electrons. The SMILES string of the molecule is CC(C)(C)OC(=O)N1CCN(Cc2ccc(CCOc3ccc(N)cc3)cc2)CC1. The third-order valence-electron chi connectivity index (χ3n) is 4.99. The van der Waals surface area contributed by atoms with Crippen molar-refractivity contribution in [2.24, 2.45) is 0 Å². The van der Waals surface area contributed by atoms with Crippen molar-refractivity contribution in [1.29, 1.82) is 0 Å². The maximum Gasteiger partial charge on any atom is 0.410 e. The van der Waals surface area contributed by atoms with Crippen LogP contribution in [0.25, 0.3) is 0 Å². The van der Waals surface area contributed by atoms with Gasteiger partial charge in [0.05, 0.1) is 6.61 Å². The molecule has 0 unspecified atom stereocenters. The van der Waals surface area contributed by atoms with Gasteiger partial charge < -0.3 is 20.1 Å². The number of carbonyl (C=O) groups excluding carboxylic acids is 1. The van der Waals surface area contributed by atoms with Gasteiger partial charge in [-0.05, 0) is 56.2 Å². The smallest absolute Gasteiger partial charge is 0.410 e. The predicted molar refractivity (Wildman–Crippen MR) is 120 cm³/mol. The molecule has 1 fully saturated rings. The summed E-state index contributed by atoms with van der Waals surface area (Å²) in [6, 6.07) is 16.2. The van der Waals surface area contributed by atoms with Crippen molar-refractivity contribution < 1.29 is 14.3 Å². The van der Waals surface area contributed by atoms with Crippen molar-refractivity contribution >= 4 is 11.8 Å². The Balaban J connectivity index is 1.39. The summed E-state index contributed by atoms with van der Waals surface area (Å²) in [5.41, 5.74) is 8.51. The van der Waals surface area contributed by atoms with E-state index >= 15 is 0 Å². The van der Waals surface area contributed by atoms with Crippen LogP contribution in [0.2, 0.25) is 0 Å². The average molecular weight is 412 g/mol. The number of nitrogens with zero attached hydrogens (tertiary/aromatic N) is 2. The van der Waals surface area contributed by atoms with Crippen molar-refractivity contribution in [2.75, 3.05) is 38.5 Å². The molecule has 2 N–H and O–H groups in total. The van der Waals surface area contributed by atoms with E-state index in [4.69, 9.17) is 15.2 Å². The molecular formula is C24H33N3O3. The number of ether oxygens (including phenoxy) is 2. The molecule has 0 aliphatic carbocycles. The average Bonchev–Trinajstić information content (AvgIpc) is 2.70. The van der Waals surface area contributed by atoms with Gasteiger partial charge in [-0.3, -0.25) is 4.90 Å². The lowest BCUT2D eigenvalue weighted by molar-refractivity contribution is 0.0139. The molecule has 0 aromatic heterocycles. The zero-order chi connectivity index (χ0) is 21.6. The first-order chi connectivity index (χ1) is 14.3. The van der Waals surface area contributed by atoms with E-state index in [1.165, 1.54) is 11.1 Å². The predicted octanol–water partition coefficient (Wildman–Crippen LogP) is 3.94. The Morgan fingerprint density at radius 2 is 1.53 bits per heavy atom. The van der Waals surface area contributed by atoms with E-state index in [9.17, 15) is 4.79 Å². The first-order valence-electron chi connectivity index (χ1n) is 10.5. The number of carbonyl (C=O) groups is 1. The fourth-order valence-corrected chi connectivity index (χ4v) is 3.34. The van der Waals surface area contributed by atoms with Gasteiger partial charge in [0.25, 0.3) is 0 Å². The Bertz CT molecular complexity index is 805. The van der Waals surface area contributed by atoms with Crippen LogP contribution in [0.4, 0.5) is 10.5 Å². The van der Waals surface area contributed by atoms with Crippen LogP contribution in [0.5, 0.6) is 5.75 Å². The van der Waals surface area contributed by atoms with E-state index in [1.54, 1.807) is 4.90 Å². The van der Waals surface area contributed by atoms with Gasteiger partial charge in [0.2, 0.25) is 0 Å². The van der Waals surface area contributed by atoms with Crippen LogP contribution in [0, 0.1) is 0 Å². The number of nitrogens with two attached hydrogens (primary N) is 1. The summed E-state index contributed by atoms with van der Waals surface area (Å²) >= 11 is 0. The van der Waals surface area contributed by atoms with Gasteiger partial charge in [0, 0.05) is 44.8 Å². The number of benzene rings is 2. The van der Waals surface area contributed by atoms with Crippen molar-refractivity contribution in [3.63, 3.8) is 0 Å². The highest BCUT2D eigenvalue weighted by atomic mass is 16.6. The molecule has 3 rings (SSSR count). The number of amides is 1. The summed E-state index contributed by atoms with van der Waals surface area (Å²) < 4.78 is 11.2. The highest BCUT2D eigenvalue weighted by molar-refractivity contribution is 5.68. The second-order valence-corrected chi connectivity index (χ2v) is 8.73. The molecule has 6 nitrogen and oxygen atoms in total. The topological polar surface area (TPSA) is 68.0 Å². The molecule has 1 amide bonds. The largest absolute Gasteiger partial charge is 0.493 e. The monoisotopic (exact) mass is 411 g/mol.